The molecule has 0 aliphatic heterocycles. The summed E-state index contributed by atoms with van der Waals surface area (Å²) in [6, 6.07) is 12.5. The quantitative estimate of drug-likeness (QED) is 0.683. The van der Waals surface area contributed by atoms with Gasteiger partial charge in [-0.1, -0.05) is 12.1 Å². The van der Waals surface area contributed by atoms with E-state index >= 15 is 0 Å². The highest BCUT2D eigenvalue weighted by atomic mass is 127. The summed E-state index contributed by atoms with van der Waals surface area (Å²) in [6.45, 7) is 2.03. The van der Waals surface area contributed by atoms with Crippen LogP contribution in [0.1, 0.15) is 18.5 Å². The zero-order chi connectivity index (χ0) is 14.3. The molecule has 3 aromatic rings. The third-order valence-corrected chi connectivity index (χ3v) is 4.09. The molecule has 0 saturated carbocycles. The third kappa shape index (κ3) is 2.26. The SMILES string of the molecule is CC(c1ccc(F)cc1)n1c(N)nc2cc(I)ccc21. The second-order valence-electron chi connectivity index (χ2n) is 4.70. The van der Waals surface area contributed by atoms with Gasteiger partial charge in [0.1, 0.15) is 5.82 Å². The average molecular weight is 381 g/mol. The number of imidazole rings is 1. The first-order valence-electron chi connectivity index (χ1n) is 6.24. The Kier molecular flexibility index (Phi) is 3.37. The van der Waals surface area contributed by atoms with Gasteiger partial charge < -0.3 is 10.3 Å². The van der Waals surface area contributed by atoms with E-state index in [1.165, 1.54) is 12.1 Å². The molecule has 1 aromatic heterocycles. The van der Waals surface area contributed by atoms with Crippen LogP contribution in [0.15, 0.2) is 42.5 Å². The lowest BCUT2D eigenvalue weighted by Gasteiger charge is -2.16. The lowest BCUT2D eigenvalue weighted by atomic mass is 10.1. The van der Waals surface area contributed by atoms with Crippen LogP contribution in [-0.4, -0.2) is 9.55 Å². The summed E-state index contributed by atoms with van der Waals surface area (Å²) < 4.78 is 16.1. The van der Waals surface area contributed by atoms with Gasteiger partial charge in [0.2, 0.25) is 5.95 Å². The highest BCUT2D eigenvalue weighted by Gasteiger charge is 2.15. The standard InChI is InChI=1S/C15H13FIN3/c1-9(10-2-4-11(16)5-3-10)20-14-7-6-12(17)8-13(14)19-15(20)18/h2-9H,1H3,(H2,18,19). The molecule has 0 fully saturated rings. The summed E-state index contributed by atoms with van der Waals surface area (Å²) in [5.74, 6) is 0.234. The second-order valence-corrected chi connectivity index (χ2v) is 5.95. The molecule has 0 bridgehead atoms. The molecular formula is C15H13FIN3. The van der Waals surface area contributed by atoms with Crippen LogP contribution in [0.4, 0.5) is 10.3 Å². The van der Waals surface area contributed by atoms with E-state index in [0.29, 0.717) is 5.95 Å². The first kappa shape index (κ1) is 13.4. The molecule has 0 aliphatic rings. The van der Waals surface area contributed by atoms with Gasteiger partial charge in [-0.05, 0) is 65.4 Å². The van der Waals surface area contributed by atoms with E-state index in [1.807, 2.05) is 29.7 Å². The van der Waals surface area contributed by atoms with Crippen molar-refractivity contribution in [3.8, 4) is 0 Å². The molecule has 102 valence electrons. The maximum atomic E-state index is 13.0. The van der Waals surface area contributed by atoms with Crippen LogP contribution in [0.3, 0.4) is 0 Å². The zero-order valence-electron chi connectivity index (χ0n) is 10.8. The Morgan fingerprint density at radius 2 is 1.90 bits per heavy atom. The van der Waals surface area contributed by atoms with E-state index < -0.39 is 0 Å². The van der Waals surface area contributed by atoms with E-state index in [-0.39, 0.29) is 11.9 Å². The predicted molar refractivity (Wildman–Crippen MR) is 87.1 cm³/mol. The third-order valence-electron chi connectivity index (χ3n) is 3.42. The van der Waals surface area contributed by atoms with E-state index in [2.05, 4.69) is 27.6 Å². The largest absolute Gasteiger partial charge is 0.369 e. The molecular weight excluding hydrogens is 368 g/mol. The Hall–Kier alpha value is -1.63. The summed E-state index contributed by atoms with van der Waals surface area (Å²) in [4.78, 5) is 4.40. The van der Waals surface area contributed by atoms with Crippen LogP contribution in [-0.2, 0) is 0 Å². The Balaban J connectivity index is 2.13. The summed E-state index contributed by atoms with van der Waals surface area (Å²) >= 11 is 2.25. The molecule has 0 amide bonds. The minimum atomic E-state index is -0.237. The van der Waals surface area contributed by atoms with Gasteiger partial charge in [0.15, 0.2) is 0 Å². The van der Waals surface area contributed by atoms with Crippen LogP contribution in [0.2, 0.25) is 0 Å². The van der Waals surface area contributed by atoms with Gasteiger partial charge >= 0.3 is 0 Å². The minimum Gasteiger partial charge on any atom is -0.369 e. The molecule has 2 N–H and O–H groups in total. The molecule has 0 spiro atoms. The number of halogens is 2. The van der Waals surface area contributed by atoms with Gasteiger partial charge in [0.25, 0.3) is 0 Å². The first-order valence-corrected chi connectivity index (χ1v) is 7.32. The molecule has 0 radical (unpaired) electrons. The Bertz CT molecular complexity index is 765. The smallest absolute Gasteiger partial charge is 0.201 e. The van der Waals surface area contributed by atoms with Crippen LogP contribution in [0.5, 0.6) is 0 Å². The Morgan fingerprint density at radius 3 is 2.60 bits per heavy atom. The molecule has 1 atom stereocenters. The number of nitrogens with two attached hydrogens (primary N) is 1. The molecule has 5 heteroatoms. The van der Waals surface area contributed by atoms with E-state index in [1.54, 1.807) is 12.1 Å². The van der Waals surface area contributed by atoms with Crippen LogP contribution in [0, 0.1) is 9.39 Å². The first-order chi connectivity index (χ1) is 9.56. The van der Waals surface area contributed by atoms with E-state index in [4.69, 9.17) is 5.73 Å². The lowest BCUT2D eigenvalue weighted by Crippen LogP contribution is -2.10. The summed E-state index contributed by atoms with van der Waals surface area (Å²) in [6.07, 6.45) is 0. The number of benzene rings is 2. The minimum absolute atomic E-state index is 0.000612. The predicted octanol–water partition coefficient (Wildman–Crippen LogP) is 3.97. The normalized spacial score (nSPS) is 12.8. The molecule has 1 unspecified atom stereocenters. The van der Waals surface area contributed by atoms with Crippen molar-refractivity contribution in [1.82, 2.24) is 9.55 Å². The van der Waals surface area contributed by atoms with Crippen LogP contribution < -0.4 is 5.73 Å². The number of aromatic nitrogens is 2. The summed E-state index contributed by atoms with van der Waals surface area (Å²) in [7, 11) is 0. The number of nitrogen functional groups attached to an aromatic ring is 1. The van der Waals surface area contributed by atoms with Gasteiger partial charge in [-0.15, -0.1) is 0 Å². The molecule has 3 nitrogen and oxygen atoms in total. The van der Waals surface area contributed by atoms with Crippen LogP contribution >= 0.6 is 22.6 Å². The molecule has 1 heterocycles. The van der Waals surface area contributed by atoms with Crippen molar-refractivity contribution in [2.45, 2.75) is 13.0 Å². The zero-order valence-corrected chi connectivity index (χ0v) is 13.0. The van der Waals surface area contributed by atoms with Crippen molar-refractivity contribution < 1.29 is 4.39 Å². The van der Waals surface area contributed by atoms with Crippen molar-refractivity contribution in [3.05, 3.63) is 57.4 Å². The molecule has 20 heavy (non-hydrogen) atoms. The number of nitrogens with zero attached hydrogens (tertiary/aromatic N) is 2. The number of hydrogen-bond donors (Lipinski definition) is 1. The van der Waals surface area contributed by atoms with Gasteiger partial charge in [-0.25, -0.2) is 9.37 Å². The number of hydrogen-bond acceptors (Lipinski definition) is 2. The van der Waals surface area contributed by atoms with Gasteiger partial charge in [-0.3, -0.25) is 0 Å². The molecule has 2 aromatic carbocycles. The van der Waals surface area contributed by atoms with Crippen molar-refractivity contribution >= 4 is 39.6 Å². The molecule has 3 rings (SSSR count). The maximum absolute atomic E-state index is 13.0. The monoisotopic (exact) mass is 381 g/mol. The maximum Gasteiger partial charge on any atom is 0.201 e. The fourth-order valence-corrected chi connectivity index (χ4v) is 2.86. The van der Waals surface area contributed by atoms with Crippen molar-refractivity contribution in [2.75, 3.05) is 5.73 Å². The lowest BCUT2D eigenvalue weighted by molar-refractivity contribution is 0.621. The van der Waals surface area contributed by atoms with Gasteiger partial charge in [0, 0.05) is 3.57 Å². The molecule has 0 saturated heterocycles. The number of rotatable bonds is 2. The highest BCUT2D eigenvalue weighted by molar-refractivity contribution is 14.1. The topological polar surface area (TPSA) is 43.8 Å². The fourth-order valence-electron chi connectivity index (χ4n) is 2.39. The average Bonchev–Trinajstić information content (AvgIpc) is 2.73. The van der Waals surface area contributed by atoms with Crippen molar-refractivity contribution in [1.29, 1.82) is 0 Å². The van der Waals surface area contributed by atoms with Crippen LogP contribution in [0.25, 0.3) is 11.0 Å². The Labute approximate surface area is 129 Å². The summed E-state index contributed by atoms with van der Waals surface area (Å²) in [5.41, 5.74) is 8.91. The fraction of sp³-hybridized carbons (Fsp3) is 0.133. The van der Waals surface area contributed by atoms with E-state index in [0.717, 1.165) is 20.2 Å². The Morgan fingerprint density at radius 1 is 1.20 bits per heavy atom. The van der Waals surface area contributed by atoms with Gasteiger partial charge in [0.05, 0.1) is 17.1 Å². The van der Waals surface area contributed by atoms with E-state index in [9.17, 15) is 4.39 Å². The number of fused-ring (bicyclic) bond motifs is 1. The number of anilines is 1. The molecule has 0 aliphatic carbocycles. The highest BCUT2D eigenvalue weighted by Crippen LogP contribution is 2.28. The van der Waals surface area contributed by atoms with Crippen molar-refractivity contribution in [2.24, 2.45) is 0 Å². The second kappa shape index (κ2) is 5.05. The van der Waals surface area contributed by atoms with Gasteiger partial charge in [-0.2, -0.15) is 0 Å². The van der Waals surface area contributed by atoms with Crippen molar-refractivity contribution in [3.63, 3.8) is 0 Å². The summed E-state index contributed by atoms with van der Waals surface area (Å²) in [5, 5.41) is 0.